The predicted molar refractivity (Wildman–Crippen MR) is 79.3 cm³/mol. The molecule has 0 aliphatic heterocycles. The number of para-hydroxylation sites is 1. The van der Waals surface area contributed by atoms with E-state index in [2.05, 4.69) is 0 Å². The van der Waals surface area contributed by atoms with E-state index in [0.717, 1.165) is 30.5 Å². The molecule has 0 saturated carbocycles. The highest BCUT2D eigenvalue weighted by Crippen LogP contribution is 2.37. The van der Waals surface area contributed by atoms with E-state index in [4.69, 9.17) is 4.74 Å². The average molecular weight is 380 g/mol. The molecule has 0 spiro atoms. The fraction of sp³-hybridized carbons (Fsp3) is 0.143. The van der Waals surface area contributed by atoms with Crippen LogP contribution in [-0.4, -0.2) is 28.6 Å². The maximum absolute atomic E-state index is 12.7. The lowest BCUT2D eigenvalue weighted by atomic mass is 10.3. The van der Waals surface area contributed by atoms with E-state index in [1.54, 1.807) is 0 Å². The summed E-state index contributed by atoms with van der Waals surface area (Å²) in [5.41, 5.74) is -5.49. The number of sulfone groups is 2. The Labute approximate surface area is 136 Å². The number of alkyl halides is 3. The van der Waals surface area contributed by atoms with Crippen LogP contribution in [0.4, 0.5) is 13.2 Å². The highest BCUT2D eigenvalue weighted by Gasteiger charge is 2.48. The number of rotatable bonds is 4. The van der Waals surface area contributed by atoms with Crippen LogP contribution in [0, 0.1) is 0 Å². The van der Waals surface area contributed by atoms with Crippen molar-refractivity contribution in [3.63, 3.8) is 0 Å². The summed E-state index contributed by atoms with van der Waals surface area (Å²) < 4.78 is 89.6. The van der Waals surface area contributed by atoms with Gasteiger partial charge in [0.05, 0.1) is 4.90 Å². The van der Waals surface area contributed by atoms with Crippen LogP contribution in [0.15, 0.2) is 58.3 Å². The zero-order chi connectivity index (χ0) is 18.2. The average Bonchev–Trinajstić information content (AvgIpc) is 2.46. The van der Waals surface area contributed by atoms with Crippen molar-refractivity contribution in [3.8, 4) is 11.5 Å². The molecule has 2 aromatic rings. The van der Waals surface area contributed by atoms with Crippen LogP contribution < -0.4 is 4.74 Å². The van der Waals surface area contributed by atoms with Crippen LogP contribution in [0.1, 0.15) is 0 Å². The summed E-state index contributed by atoms with van der Waals surface area (Å²) in [5.74, 6) is -0.664. The zero-order valence-corrected chi connectivity index (χ0v) is 13.7. The monoisotopic (exact) mass is 380 g/mol. The van der Waals surface area contributed by atoms with Gasteiger partial charge in [-0.05, 0) is 30.3 Å². The van der Waals surface area contributed by atoms with Crippen LogP contribution in [0.5, 0.6) is 11.5 Å². The lowest BCUT2D eigenvalue weighted by molar-refractivity contribution is -0.0436. The van der Waals surface area contributed by atoms with Gasteiger partial charge in [-0.3, -0.25) is 0 Å². The second kappa shape index (κ2) is 6.10. The second-order valence-electron chi connectivity index (χ2n) is 4.74. The van der Waals surface area contributed by atoms with Gasteiger partial charge in [-0.1, -0.05) is 18.2 Å². The summed E-state index contributed by atoms with van der Waals surface area (Å²) in [6.45, 7) is 0. The van der Waals surface area contributed by atoms with Crippen molar-refractivity contribution in [3.05, 3.63) is 48.5 Å². The minimum absolute atomic E-state index is 0.109. The Morgan fingerprint density at radius 2 is 1.54 bits per heavy atom. The first-order valence-corrected chi connectivity index (χ1v) is 9.69. The Morgan fingerprint density at radius 1 is 0.917 bits per heavy atom. The molecule has 0 bridgehead atoms. The van der Waals surface area contributed by atoms with Crippen molar-refractivity contribution in [1.29, 1.82) is 0 Å². The van der Waals surface area contributed by atoms with Gasteiger partial charge in [0.15, 0.2) is 9.84 Å². The first-order chi connectivity index (χ1) is 10.9. The van der Waals surface area contributed by atoms with Crippen molar-refractivity contribution in [2.24, 2.45) is 0 Å². The van der Waals surface area contributed by atoms with Gasteiger partial charge in [0.25, 0.3) is 9.84 Å². The summed E-state index contributed by atoms with van der Waals surface area (Å²) in [7, 11) is -9.17. The third-order valence-electron chi connectivity index (χ3n) is 2.90. The minimum Gasteiger partial charge on any atom is -0.456 e. The number of benzene rings is 2. The first-order valence-electron chi connectivity index (χ1n) is 6.31. The highest BCUT2D eigenvalue weighted by atomic mass is 32.2. The molecule has 0 amide bonds. The van der Waals surface area contributed by atoms with Crippen molar-refractivity contribution >= 4 is 19.7 Å². The van der Waals surface area contributed by atoms with E-state index in [9.17, 15) is 30.0 Å². The molecular weight excluding hydrogens is 369 g/mol. The maximum atomic E-state index is 12.7. The summed E-state index contributed by atoms with van der Waals surface area (Å²) in [6, 6.07) is 9.22. The summed E-state index contributed by atoms with van der Waals surface area (Å²) in [6.07, 6.45) is 0.953. The Bertz CT molecular complexity index is 964. The minimum atomic E-state index is -5.61. The van der Waals surface area contributed by atoms with Gasteiger partial charge in [0, 0.05) is 6.26 Å². The van der Waals surface area contributed by atoms with E-state index >= 15 is 0 Å². The van der Waals surface area contributed by atoms with E-state index < -0.39 is 35.8 Å². The summed E-state index contributed by atoms with van der Waals surface area (Å²) >= 11 is 0. The second-order valence-corrected chi connectivity index (χ2v) is 8.67. The van der Waals surface area contributed by atoms with Gasteiger partial charge in [0.1, 0.15) is 16.4 Å². The van der Waals surface area contributed by atoms with Crippen molar-refractivity contribution in [2.45, 2.75) is 15.3 Å². The van der Waals surface area contributed by atoms with Crippen molar-refractivity contribution < 1.29 is 34.7 Å². The molecule has 0 N–H and O–H groups in total. The molecule has 0 heterocycles. The Morgan fingerprint density at radius 3 is 2.12 bits per heavy atom. The lowest BCUT2D eigenvalue weighted by Crippen LogP contribution is -2.23. The quantitative estimate of drug-likeness (QED) is 0.814. The molecule has 2 aromatic carbocycles. The molecule has 0 radical (unpaired) electrons. The van der Waals surface area contributed by atoms with E-state index in [0.29, 0.717) is 0 Å². The fourth-order valence-electron chi connectivity index (χ4n) is 1.78. The number of ether oxygens (including phenoxy) is 1. The standard InChI is InChI=1S/C14H11F3O5S2/c1-23(18,19)11-6-4-5-10(9-11)22-12-7-2-3-8-13(12)24(20,21)14(15,16)17/h2-9H,1H3. The molecule has 0 fully saturated rings. The third kappa shape index (κ3) is 3.70. The number of halogens is 3. The highest BCUT2D eigenvalue weighted by molar-refractivity contribution is 7.92. The Kier molecular flexibility index (Phi) is 4.64. The van der Waals surface area contributed by atoms with Gasteiger partial charge in [0.2, 0.25) is 0 Å². The predicted octanol–water partition coefficient (Wildman–Crippen LogP) is 3.18. The topological polar surface area (TPSA) is 77.5 Å². The molecule has 5 nitrogen and oxygen atoms in total. The summed E-state index contributed by atoms with van der Waals surface area (Å²) in [4.78, 5) is -1.17. The molecule has 0 aliphatic rings. The first kappa shape index (κ1) is 18.3. The number of hydrogen-bond acceptors (Lipinski definition) is 5. The van der Waals surface area contributed by atoms with Gasteiger partial charge >= 0.3 is 5.51 Å². The molecule has 0 unspecified atom stereocenters. The third-order valence-corrected chi connectivity index (χ3v) is 5.54. The lowest BCUT2D eigenvalue weighted by Gasteiger charge is -2.13. The van der Waals surface area contributed by atoms with E-state index in [1.807, 2.05) is 0 Å². The van der Waals surface area contributed by atoms with Crippen molar-refractivity contribution in [2.75, 3.05) is 6.26 Å². The van der Waals surface area contributed by atoms with Crippen LogP contribution >= 0.6 is 0 Å². The van der Waals surface area contributed by atoms with Crippen LogP contribution in [0.3, 0.4) is 0 Å². The van der Waals surface area contributed by atoms with Gasteiger partial charge in [-0.2, -0.15) is 13.2 Å². The smallest absolute Gasteiger partial charge is 0.456 e. The van der Waals surface area contributed by atoms with Crippen molar-refractivity contribution in [1.82, 2.24) is 0 Å². The van der Waals surface area contributed by atoms with E-state index in [-0.39, 0.29) is 10.6 Å². The maximum Gasteiger partial charge on any atom is 0.502 e. The molecule has 24 heavy (non-hydrogen) atoms. The van der Waals surface area contributed by atoms with Crippen LogP contribution in [0.2, 0.25) is 0 Å². The molecule has 130 valence electrons. The van der Waals surface area contributed by atoms with Gasteiger partial charge < -0.3 is 4.74 Å². The van der Waals surface area contributed by atoms with Crippen LogP contribution in [0.25, 0.3) is 0 Å². The van der Waals surface area contributed by atoms with E-state index in [1.165, 1.54) is 24.3 Å². The summed E-state index contributed by atoms with van der Waals surface area (Å²) in [5, 5.41) is 0. The Hall–Kier alpha value is -2.07. The fourth-order valence-corrected chi connectivity index (χ4v) is 3.31. The molecular formula is C14H11F3O5S2. The SMILES string of the molecule is CS(=O)(=O)c1cccc(Oc2ccccc2S(=O)(=O)C(F)(F)F)c1. The molecule has 0 aromatic heterocycles. The molecule has 2 rings (SSSR count). The van der Waals surface area contributed by atoms with Gasteiger partial charge in [-0.25, -0.2) is 16.8 Å². The largest absolute Gasteiger partial charge is 0.502 e. The number of hydrogen-bond donors (Lipinski definition) is 0. The normalized spacial score (nSPS) is 12.8. The molecule has 0 aliphatic carbocycles. The Balaban J connectivity index is 2.50. The zero-order valence-electron chi connectivity index (χ0n) is 12.1. The molecule has 0 saturated heterocycles. The molecule has 0 atom stereocenters. The van der Waals surface area contributed by atoms with Gasteiger partial charge in [-0.15, -0.1) is 0 Å². The molecule has 10 heteroatoms. The van der Waals surface area contributed by atoms with Crippen LogP contribution in [-0.2, 0) is 19.7 Å².